The summed E-state index contributed by atoms with van der Waals surface area (Å²) in [6, 6.07) is 17.1. The Bertz CT molecular complexity index is 1350. The number of hydrogen-bond acceptors (Lipinski definition) is 5. The maximum atomic E-state index is 12.6. The molecule has 0 spiro atoms. The van der Waals surface area contributed by atoms with E-state index in [-0.39, 0.29) is 11.0 Å². The van der Waals surface area contributed by atoms with Crippen LogP contribution >= 0.6 is 12.2 Å². The zero-order valence-corrected chi connectivity index (χ0v) is 19.8. The van der Waals surface area contributed by atoms with E-state index in [0.29, 0.717) is 17.7 Å². The third-order valence-corrected chi connectivity index (χ3v) is 5.41. The van der Waals surface area contributed by atoms with E-state index in [1.54, 1.807) is 10.9 Å². The second kappa shape index (κ2) is 9.38. The number of aryl methyl sites for hydroxylation is 3. The number of aromatic nitrogens is 3. The number of nitrogens with one attached hydrogen (secondary N) is 2. The van der Waals surface area contributed by atoms with Crippen LogP contribution in [0.5, 0.6) is 5.75 Å². The third-order valence-electron chi connectivity index (χ3n) is 5.21. The molecule has 1 heterocycles. The number of nitrogens with zero attached hydrogens (tertiary/aromatic N) is 3. The van der Waals surface area contributed by atoms with Gasteiger partial charge in [-0.1, -0.05) is 17.7 Å². The van der Waals surface area contributed by atoms with Gasteiger partial charge in [-0.15, -0.1) is 10.2 Å². The van der Waals surface area contributed by atoms with E-state index in [9.17, 15) is 4.79 Å². The zero-order valence-electron chi connectivity index (χ0n) is 19.0. The summed E-state index contributed by atoms with van der Waals surface area (Å²) in [5.41, 5.74) is 6.59. The minimum atomic E-state index is -0.245. The highest BCUT2D eigenvalue weighted by atomic mass is 32.1. The molecule has 7 nitrogen and oxygen atoms in total. The monoisotopic (exact) mass is 459 g/mol. The molecule has 168 valence electrons. The molecule has 8 heteroatoms. The van der Waals surface area contributed by atoms with E-state index in [1.165, 1.54) is 0 Å². The Morgan fingerprint density at radius 1 is 0.970 bits per heavy atom. The Balaban J connectivity index is 1.51. The average Bonchev–Trinajstić information content (AvgIpc) is 3.17. The summed E-state index contributed by atoms with van der Waals surface area (Å²) in [6.07, 6.45) is 0. The first kappa shape index (κ1) is 22.4. The fourth-order valence-electron chi connectivity index (χ4n) is 3.55. The molecule has 1 aromatic heterocycles. The first-order chi connectivity index (χ1) is 15.8. The van der Waals surface area contributed by atoms with Crippen molar-refractivity contribution in [3.8, 4) is 11.4 Å². The van der Waals surface area contributed by atoms with E-state index < -0.39 is 0 Å². The number of anilines is 1. The minimum Gasteiger partial charge on any atom is -0.494 e. The van der Waals surface area contributed by atoms with Crippen LogP contribution in [0.4, 0.5) is 5.69 Å². The average molecular weight is 460 g/mol. The number of thiocarbonyl (C=S) groups is 1. The third kappa shape index (κ3) is 5.01. The molecular formula is C25H25N5O2S. The van der Waals surface area contributed by atoms with E-state index in [2.05, 4.69) is 20.8 Å². The Labute approximate surface area is 197 Å². The lowest BCUT2D eigenvalue weighted by Gasteiger charge is -2.12. The summed E-state index contributed by atoms with van der Waals surface area (Å²) >= 11 is 5.38. The zero-order chi connectivity index (χ0) is 23.5. The quantitative estimate of drug-likeness (QED) is 0.415. The molecular weight excluding hydrogens is 434 g/mol. The highest BCUT2D eigenvalue weighted by Gasteiger charge is 2.13. The first-order valence-corrected chi connectivity index (χ1v) is 11.1. The van der Waals surface area contributed by atoms with Crippen molar-refractivity contribution in [3.05, 3.63) is 76.9 Å². The molecule has 0 saturated carbocycles. The predicted molar refractivity (Wildman–Crippen MR) is 134 cm³/mol. The van der Waals surface area contributed by atoms with Crippen molar-refractivity contribution in [2.75, 3.05) is 11.9 Å². The van der Waals surface area contributed by atoms with Gasteiger partial charge < -0.3 is 10.1 Å². The van der Waals surface area contributed by atoms with Gasteiger partial charge in [0.1, 0.15) is 16.8 Å². The molecule has 0 bridgehead atoms. The first-order valence-electron chi connectivity index (χ1n) is 10.6. The van der Waals surface area contributed by atoms with Gasteiger partial charge >= 0.3 is 0 Å². The molecule has 2 N–H and O–H groups in total. The van der Waals surface area contributed by atoms with Crippen LogP contribution in [0, 0.1) is 20.8 Å². The van der Waals surface area contributed by atoms with Gasteiger partial charge in [0, 0.05) is 11.3 Å². The van der Waals surface area contributed by atoms with Crippen molar-refractivity contribution >= 4 is 40.0 Å². The number of amides is 1. The number of carbonyl (C=O) groups excluding carboxylic acids is 1. The molecule has 0 aliphatic carbocycles. The van der Waals surface area contributed by atoms with Crippen molar-refractivity contribution in [1.82, 2.24) is 20.3 Å². The normalized spacial score (nSPS) is 10.8. The SMILES string of the molecule is CCOc1ccc(-n2nc3cc(C)c(NC(=S)NC(=O)c4ccc(C)cc4C)cc3n2)cc1. The standard InChI is InChI=1S/C25H25N5O2S/c1-5-32-19-9-7-18(8-10-19)30-28-22-13-17(4)21(14-23(22)29-30)26-25(33)27-24(31)20-11-6-15(2)12-16(20)3/h6-14H,5H2,1-4H3,(H2,26,27,31,33). The summed E-state index contributed by atoms with van der Waals surface area (Å²) in [6.45, 7) is 8.41. The molecule has 0 unspecified atom stereocenters. The van der Waals surface area contributed by atoms with Gasteiger partial charge in [-0.25, -0.2) is 0 Å². The predicted octanol–water partition coefficient (Wildman–Crippen LogP) is 4.87. The van der Waals surface area contributed by atoms with E-state index in [4.69, 9.17) is 17.0 Å². The molecule has 33 heavy (non-hydrogen) atoms. The largest absolute Gasteiger partial charge is 0.494 e. The second-order valence-electron chi connectivity index (χ2n) is 7.80. The number of hydrogen-bond donors (Lipinski definition) is 2. The number of ether oxygens (including phenoxy) is 1. The van der Waals surface area contributed by atoms with Gasteiger partial charge in [0.25, 0.3) is 5.91 Å². The van der Waals surface area contributed by atoms with Crippen molar-refractivity contribution in [3.63, 3.8) is 0 Å². The van der Waals surface area contributed by atoms with E-state index in [1.807, 2.05) is 76.2 Å². The number of fused-ring (bicyclic) bond motifs is 1. The van der Waals surface area contributed by atoms with Crippen LogP contribution in [-0.4, -0.2) is 32.6 Å². The lowest BCUT2D eigenvalue weighted by Crippen LogP contribution is -2.34. The van der Waals surface area contributed by atoms with Gasteiger partial charge in [-0.05, 0) is 93.5 Å². The number of benzene rings is 3. The molecule has 0 atom stereocenters. The van der Waals surface area contributed by atoms with Gasteiger partial charge in [0.05, 0.1) is 12.3 Å². The molecule has 1 amide bonds. The maximum absolute atomic E-state index is 12.6. The minimum absolute atomic E-state index is 0.223. The molecule has 0 aliphatic rings. The van der Waals surface area contributed by atoms with Gasteiger partial charge in [-0.2, -0.15) is 4.80 Å². The van der Waals surface area contributed by atoms with Crippen molar-refractivity contribution in [2.45, 2.75) is 27.7 Å². The van der Waals surface area contributed by atoms with Crippen LogP contribution in [0.15, 0.2) is 54.6 Å². The molecule has 0 saturated heterocycles. The van der Waals surface area contributed by atoms with Crippen LogP contribution in [-0.2, 0) is 0 Å². The molecule has 0 radical (unpaired) electrons. The molecule has 0 fully saturated rings. The lowest BCUT2D eigenvalue weighted by atomic mass is 10.1. The van der Waals surface area contributed by atoms with Crippen LogP contribution < -0.4 is 15.4 Å². The number of rotatable bonds is 5. The smallest absolute Gasteiger partial charge is 0.257 e. The van der Waals surface area contributed by atoms with E-state index in [0.717, 1.165) is 39.3 Å². The lowest BCUT2D eigenvalue weighted by molar-refractivity contribution is 0.0977. The number of carbonyl (C=O) groups is 1. The van der Waals surface area contributed by atoms with Gasteiger partial charge in [0.15, 0.2) is 5.11 Å². The summed E-state index contributed by atoms with van der Waals surface area (Å²) in [5.74, 6) is 0.557. The van der Waals surface area contributed by atoms with Crippen molar-refractivity contribution < 1.29 is 9.53 Å². The molecule has 4 aromatic rings. The molecule has 0 aliphatic heterocycles. The van der Waals surface area contributed by atoms with Crippen LogP contribution in [0.3, 0.4) is 0 Å². The topological polar surface area (TPSA) is 81.1 Å². The molecule has 4 rings (SSSR count). The highest BCUT2D eigenvalue weighted by Crippen LogP contribution is 2.23. The van der Waals surface area contributed by atoms with Gasteiger partial charge in [0.2, 0.25) is 0 Å². The highest BCUT2D eigenvalue weighted by molar-refractivity contribution is 7.80. The van der Waals surface area contributed by atoms with Crippen LogP contribution in [0.1, 0.15) is 34.0 Å². The van der Waals surface area contributed by atoms with Crippen molar-refractivity contribution in [1.29, 1.82) is 0 Å². The van der Waals surface area contributed by atoms with E-state index >= 15 is 0 Å². The van der Waals surface area contributed by atoms with Gasteiger partial charge in [-0.3, -0.25) is 10.1 Å². The summed E-state index contributed by atoms with van der Waals surface area (Å²) in [5, 5.41) is 15.3. The maximum Gasteiger partial charge on any atom is 0.257 e. The summed E-state index contributed by atoms with van der Waals surface area (Å²) < 4.78 is 5.49. The van der Waals surface area contributed by atoms with Crippen LogP contribution in [0.2, 0.25) is 0 Å². The summed E-state index contributed by atoms with van der Waals surface area (Å²) in [4.78, 5) is 14.2. The Morgan fingerprint density at radius 2 is 1.67 bits per heavy atom. The fraction of sp³-hybridized carbons (Fsp3) is 0.200. The Kier molecular flexibility index (Phi) is 6.37. The summed E-state index contributed by atoms with van der Waals surface area (Å²) in [7, 11) is 0. The van der Waals surface area contributed by atoms with Crippen molar-refractivity contribution in [2.24, 2.45) is 0 Å². The Hall–Kier alpha value is -3.78. The molecule has 3 aromatic carbocycles. The second-order valence-corrected chi connectivity index (χ2v) is 8.21. The fourth-order valence-corrected chi connectivity index (χ4v) is 3.76. The Morgan fingerprint density at radius 3 is 2.33 bits per heavy atom. The van der Waals surface area contributed by atoms with Crippen LogP contribution in [0.25, 0.3) is 16.7 Å².